The summed E-state index contributed by atoms with van der Waals surface area (Å²) >= 11 is 0. The fourth-order valence-corrected chi connectivity index (χ4v) is 1.52. The van der Waals surface area contributed by atoms with Gasteiger partial charge in [-0.2, -0.15) is 0 Å². The van der Waals surface area contributed by atoms with Crippen LogP contribution in [0.2, 0.25) is 0 Å². The highest BCUT2D eigenvalue weighted by molar-refractivity contribution is 6.14. The van der Waals surface area contributed by atoms with Gasteiger partial charge in [-0.25, -0.2) is 0 Å². The van der Waals surface area contributed by atoms with Gasteiger partial charge in [0, 0.05) is 17.1 Å². The number of allylic oxidation sites excluding steroid dienone is 1. The zero-order valence-corrected chi connectivity index (χ0v) is 8.53. The topological polar surface area (TPSA) is 30.0 Å². The molecule has 0 N–H and O–H groups in total. The lowest BCUT2D eigenvalue weighted by atomic mass is 10.0. The maximum absolute atomic E-state index is 11.8. The third-order valence-corrected chi connectivity index (χ3v) is 2.26. The van der Waals surface area contributed by atoms with E-state index in [1.807, 2.05) is 24.3 Å². The second-order valence-electron chi connectivity index (χ2n) is 3.49. The van der Waals surface area contributed by atoms with Crippen molar-refractivity contribution >= 4 is 16.7 Å². The third kappa shape index (κ3) is 1.66. The number of carbonyl (C=O) groups excluding carboxylic acids is 1. The van der Waals surface area contributed by atoms with Crippen molar-refractivity contribution in [3.05, 3.63) is 54.2 Å². The first kappa shape index (κ1) is 9.59. The van der Waals surface area contributed by atoms with Gasteiger partial charge in [-0.05, 0) is 24.6 Å². The van der Waals surface area contributed by atoms with Crippen molar-refractivity contribution in [2.45, 2.75) is 6.92 Å². The summed E-state index contributed by atoms with van der Waals surface area (Å²) in [6.45, 7) is 5.37. The lowest BCUT2D eigenvalue weighted by molar-refractivity contribution is 0.103. The Hall–Kier alpha value is -1.96. The zero-order valence-electron chi connectivity index (χ0n) is 8.53. The minimum Gasteiger partial charge on any atom is -0.289 e. The van der Waals surface area contributed by atoms with E-state index < -0.39 is 0 Å². The number of benzene rings is 1. The van der Waals surface area contributed by atoms with Gasteiger partial charge in [0.2, 0.25) is 0 Å². The molecule has 0 spiro atoms. The van der Waals surface area contributed by atoms with E-state index in [0.29, 0.717) is 11.1 Å². The number of ketones is 1. The van der Waals surface area contributed by atoms with Crippen LogP contribution in [-0.4, -0.2) is 10.8 Å². The van der Waals surface area contributed by atoms with Crippen LogP contribution < -0.4 is 0 Å². The van der Waals surface area contributed by atoms with Crippen LogP contribution in [0.15, 0.2) is 48.7 Å². The number of aromatic nitrogens is 1. The predicted octanol–water partition coefficient (Wildman–Crippen LogP) is 2.99. The maximum atomic E-state index is 11.8. The van der Waals surface area contributed by atoms with E-state index in [1.54, 1.807) is 19.2 Å². The van der Waals surface area contributed by atoms with Crippen LogP contribution in [0.1, 0.15) is 17.3 Å². The molecule has 0 bridgehead atoms. The van der Waals surface area contributed by atoms with Gasteiger partial charge in [-0.3, -0.25) is 9.78 Å². The first-order chi connectivity index (χ1) is 7.20. The van der Waals surface area contributed by atoms with Gasteiger partial charge in [0.05, 0.1) is 5.52 Å². The summed E-state index contributed by atoms with van der Waals surface area (Å²) in [5.41, 5.74) is 1.90. The molecular weight excluding hydrogens is 186 g/mol. The first-order valence-corrected chi connectivity index (χ1v) is 4.74. The van der Waals surface area contributed by atoms with Crippen molar-refractivity contribution in [1.29, 1.82) is 0 Å². The van der Waals surface area contributed by atoms with Gasteiger partial charge in [-0.15, -0.1) is 0 Å². The number of hydrogen-bond donors (Lipinski definition) is 0. The fraction of sp³-hybridized carbons (Fsp3) is 0.0769. The van der Waals surface area contributed by atoms with E-state index in [0.717, 1.165) is 10.9 Å². The van der Waals surface area contributed by atoms with Gasteiger partial charge in [0.15, 0.2) is 5.78 Å². The molecule has 1 heterocycles. The Kier molecular flexibility index (Phi) is 2.34. The van der Waals surface area contributed by atoms with Crippen molar-refractivity contribution in [3.8, 4) is 0 Å². The van der Waals surface area contributed by atoms with E-state index in [-0.39, 0.29) is 5.78 Å². The Morgan fingerprint density at radius 2 is 2.00 bits per heavy atom. The summed E-state index contributed by atoms with van der Waals surface area (Å²) in [4.78, 5) is 16.0. The molecule has 2 rings (SSSR count). The molecule has 2 aromatic rings. The minimum atomic E-state index is -0.0423. The average Bonchev–Trinajstić information content (AvgIpc) is 2.27. The quantitative estimate of drug-likeness (QED) is 0.547. The largest absolute Gasteiger partial charge is 0.289 e. The molecule has 0 aliphatic carbocycles. The highest BCUT2D eigenvalue weighted by Crippen LogP contribution is 2.18. The molecule has 1 aromatic heterocycles. The van der Waals surface area contributed by atoms with Crippen molar-refractivity contribution < 1.29 is 4.79 Å². The van der Waals surface area contributed by atoms with Gasteiger partial charge in [0.1, 0.15) is 0 Å². The molecule has 74 valence electrons. The highest BCUT2D eigenvalue weighted by Gasteiger charge is 2.10. The molecule has 1 aromatic carbocycles. The smallest absolute Gasteiger partial charge is 0.190 e. The Morgan fingerprint density at radius 1 is 1.27 bits per heavy atom. The lowest BCUT2D eigenvalue weighted by Crippen LogP contribution is -2.01. The number of Topliss-reactive ketones (excluding diaryl/α,β-unsaturated/α-hetero) is 1. The number of carbonyl (C=O) groups is 1. The first-order valence-electron chi connectivity index (χ1n) is 4.74. The number of fused-ring (bicyclic) bond motifs is 1. The number of hydrogen-bond acceptors (Lipinski definition) is 2. The number of nitrogens with zero attached hydrogens (tertiary/aromatic N) is 1. The van der Waals surface area contributed by atoms with E-state index in [1.165, 1.54) is 0 Å². The molecule has 0 saturated carbocycles. The molecule has 0 atom stereocenters. The van der Waals surface area contributed by atoms with E-state index >= 15 is 0 Å². The Bertz CT molecular complexity index is 538. The molecule has 0 amide bonds. The zero-order chi connectivity index (χ0) is 10.8. The Morgan fingerprint density at radius 3 is 2.73 bits per heavy atom. The van der Waals surface area contributed by atoms with Crippen molar-refractivity contribution in [3.63, 3.8) is 0 Å². The standard InChI is InChI=1S/C13H11NO/c1-9(2)13(15)11-7-3-5-10-6-4-8-14-12(10)11/h3-8H,1H2,2H3. The number of para-hydroxylation sites is 1. The normalized spacial score (nSPS) is 10.2. The molecule has 0 unspecified atom stereocenters. The van der Waals surface area contributed by atoms with Crippen LogP contribution in [0.3, 0.4) is 0 Å². The van der Waals surface area contributed by atoms with Crippen LogP contribution in [0.5, 0.6) is 0 Å². The van der Waals surface area contributed by atoms with Crippen LogP contribution in [0.25, 0.3) is 10.9 Å². The molecule has 0 radical (unpaired) electrons. The predicted molar refractivity (Wildman–Crippen MR) is 60.9 cm³/mol. The van der Waals surface area contributed by atoms with Gasteiger partial charge in [0.25, 0.3) is 0 Å². The second kappa shape index (κ2) is 3.65. The minimum absolute atomic E-state index is 0.0423. The molecule has 0 saturated heterocycles. The summed E-state index contributed by atoms with van der Waals surface area (Å²) in [6, 6.07) is 9.39. The van der Waals surface area contributed by atoms with Crippen molar-refractivity contribution in [2.24, 2.45) is 0 Å². The monoisotopic (exact) mass is 197 g/mol. The number of rotatable bonds is 2. The summed E-state index contributed by atoms with van der Waals surface area (Å²) in [6.07, 6.45) is 1.69. The van der Waals surface area contributed by atoms with Crippen LogP contribution >= 0.6 is 0 Å². The summed E-state index contributed by atoms with van der Waals surface area (Å²) in [5, 5.41) is 0.976. The maximum Gasteiger partial charge on any atom is 0.190 e. The number of pyridine rings is 1. The van der Waals surface area contributed by atoms with Crippen LogP contribution in [0, 0.1) is 0 Å². The lowest BCUT2D eigenvalue weighted by Gasteiger charge is -2.03. The summed E-state index contributed by atoms with van der Waals surface area (Å²) in [7, 11) is 0. The second-order valence-corrected chi connectivity index (χ2v) is 3.49. The average molecular weight is 197 g/mol. The third-order valence-electron chi connectivity index (χ3n) is 2.26. The van der Waals surface area contributed by atoms with Gasteiger partial charge in [-0.1, -0.05) is 24.8 Å². The van der Waals surface area contributed by atoms with Gasteiger partial charge >= 0.3 is 0 Å². The molecular formula is C13H11NO. The van der Waals surface area contributed by atoms with Crippen LogP contribution in [-0.2, 0) is 0 Å². The van der Waals surface area contributed by atoms with E-state index in [2.05, 4.69) is 11.6 Å². The Balaban J connectivity index is 2.71. The molecule has 2 nitrogen and oxygen atoms in total. The van der Waals surface area contributed by atoms with E-state index in [4.69, 9.17) is 0 Å². The van der Waals surface area contributed by atoms with Crippen molar-refractivity contribution in [2.75, 3.05) is 0 Å². The van der Waals surface area contributed by atoms with E-state index in [9.17, 15) is 4.79 Å². The fourth-order valence-electron chi connectivity index (χ4n) is 1.52. The molecule has 0 aliphatic heterocycles. The summed E-state index contributed by atoms with van der Waals surface area (Å²) < 4.78 is 0. The molecule has 15 heavy (non-hydrogen) atoms. The molecule has 0 aliphatic rings. The van der Waals surface area contributed by atoms with Crippen LogP contribution in [0.4, 0.5) is 0 Å². The van der Waals surface area contributed by atoms with Crippen molar-refractivity contribution in [1.82, 2.24) is 4.98 Å². The molecule has 2 heteroatoms. The van der Waals surface area contributed by atoms with Gasteiger partial charge < -0.3 is 0 Å². The highest BCUT2D eigenvalue weighted by atomic mass is 16.1. The SMILES string of the molecule is C=C(C)C(=O)c1cccc2cccnc12. The Labute approximate surface area is 88.3 Å². The molecule has 0 fully saturated rings. The summed E-state index contributed by atoms with van der Waals surface area (Å²) in [5.74, 6) is -0.0423.